The first-order valence-corrected chi connectivity index (χ1v) is 7.17. The molecule has 1 unspecified atom stereocenters. The third-order valence-electron chi connectivity index (χ3n) is 4.10. The van der Waals surface area contributed by atoms with Gasteiger partial charge in [0.05, 0.1) is 5.69 Å². The molecule has 1 N–H and O–H groups in total. The Morgan fingerprint density at radius 1 is 1.35 bits per heavy atom. The molecule has 1 aromatic heterocycles. The smallest absolute Gasteiger partial charge is 0.136 e. The average molecular weight is 270 g/mol. The maximum absolute atomic E-state index is 4.62. The van der Waals surface area contributed by atoms with E-state index in [9.17, 15) is 0 Å². The third-order valence-corrected chi connectivity index (χ3v) is 4.10. The summed E-state index contributed by atoms with van der Waals surface area (Å²) in [5.74, 6) is 1.22. The average Bonchev–Trinajstić information content (AvgIpc) is 2.87. The molecule has 0 bridgehead atoms. The Kier molecular flexibility index (Phi) is 3.26. The number of para-hydroxylation sites is 1. The van der Waals surface area contributed by atoms with Gasteiger partial charge in [0.15, 0.2) is 0 Å². The van der Waals surface area contributed by atoms with E-state index >= 15 is 0 Å². The summed E-state index contributed by atoms with van der Waals surface area (Å²) in [4.78, 5) is 2.43. The number of hydrogen-bond donors (Lipinski definition) is 1. The Bertz CT molecular complexity index is 629. The van der Waals surface area contributed by atoms with Gasteiger partial charge < -0.3 is 10.2 Å². The lowest BCUT2D eigenvalue weighted by Crippen LogP contribution is -2.27. The highest BCUT2D eigenvalue weighted by Gasteiger charge is 2.31. The summed E-state index contributed by atoms with van der Waals surface area (Å²) in [7, 11) is 4.02. The molecular weight excluding hydrogens is 248 g/mol. The minimum Gasteiger partial charge on any atom is -0.323 e. The van der Waals surface area contributed by atoms with Gasteiger partial charge in [0, 0.05) is 30.9 Å². The summed E-state index contributed by atoms with van der Waals surface area (Å²) in [6.07, 6.45) is 1.10. The number of aromatic nitrogens is 2. The minimum absolute atomic E-state index is 0.470. The van der Waals surface area contributed by atoms with Crippen molar-refractivity contribution in [2.45, 2.75) is 32.9 Å². The molecule has 1 atom stereocenters. The maximum atomic E-state index is 4.62. The van der Waals surface area contributed by atoms with Gasteiger partial charge in [-0.15, -0.1) is 0 Å². The summed E-state index contributed by atoms with van der Waals surface area (Å²) in [6, 6.07) is 9.15. The van der Waals surface area contributed by atoms with Crippen LogP contribution in [0, 0.1) is 6.92 Å². The van der Waals surface area contributed by atoms with Crippen molar-refractivity contribution in [1.82, 2.24) is 15.1 Å². The van der Waals surface area contributed by atoms with Gasteiger partial charge >= 0.3 is 0 Å². The van der Waals surface area contributed by atoms with Gasteiger partial charge in [0.2, 0.25) is 0 Å². The van der Waals surface area contributed by atoms with Crippen LogP contribution in [0.1, 0.15) is 23.7 Å². The van der Waals surface area contributed by atoms with Crippen molar-refractivity contribution < 1.29 is 0 Å². The van der Waals surface area contributed by atoms with Crippen LogP contribution in [0.15, 0.2) is 24.3 Å². The topological polar surface area (TPSA) is 33.1 Å². The first-order valence-electron chi connectivity index (χ1n) is 7.17. The second-order valence-electron chi connectivity index (χ2n) is 5.59. The molecule has 1 aliphatic rings. The number of anilines is 2. The molecule has 0 aliphatic carbocycles. The Hall–Kier alpha value is -1.81. The number of benzene rings is 1. The Morgan fingerprint density at radius 3 is 2.85 bits per heavy atom. The van der Waals surface area contributed by atoms with Gasteiger partial charge in [0.1, 0.15) is 5.82 Å². The van der Waals surface area contributed by atoms with Crippen molar-refractivity contribution in [3.05, 3.63) is 41.1 Å². The first kappa shape index (κ1) is 13.2. The summed E-state index contributed by atoms with van der Waals surface area (Å²) >= 11 is 0. The molecule has 0 radical (unpaired) electrons. The van der Waals surface area contributed by atoms with E-state index in [0.717, 1.165) is 18.7 Å². The summed E-state index contributed by atoms with van der Waals surface area (Å²) in [5, 5.41) is 7.88. The summed E-state index contributed by atoms with van der Waals surface area (Å²) in [6.45, 7) is 5.22. The molecule has 4 nitrogen and oxygen atoms in total. The zero-order valence-electron chi connectivity index (χ0n) is 12.6. The number of nitrogens with one attached hydrogen (secondary N) is 1. The van der Waals surface area contributed by atoms with E-state index in [1.807, 2.05) is 18.8 Å². The van der Waals surface area contributed by atoms with Crippen LogP contribution in [0.4, 0.5) is 11.5 Å². The Morgan fingerprint density at radius 2 is 2.10 bits per heavy atom. The lowest BCUT2D eigenvalue weighted by atomic mass is 10.1. The number of hydrogen-bond acceptors (Lipinski definition) is 3. The first-order chi connectivity index (χ1) is 9.63. The van der Waals surface area contributed by atoms with Crippen LogP contribution in [0.2, 0.25) is 0 Å². The van der Waals surface area contributed by atoms with Gasteiger partial charge in [-0.3, -0.25) is 4.68 Å². The summed E-state index contributed by atoms with van der Waals surface area (Å²) < 4.78 is 2.01. The SMILES string of the molecule is CNCc1c(C)nn(C)c1N1c2ccccc2CC1C. The van der Waals surface area contributed by atoms with Crippen molar-refractivity contribution in [2.24, 2.45) is 7.05 Å². The van der Waals surface area contributed by atoms with E-state index < -0.39 is 0 Å². The molecule has 20 heavy (non-hydrogen) atoms. The molecule has 0 fully saturated rings. The van der Waals surface area contributed by atoms with E-state index in [1.54, 1.807) is 0 Å². The van der Waals surface area contributed by atoms with Crippen LogP contribution >= 0.6 is 0 Å². The number of fused-ring (bicyclic) bond motifs is 1. The number of aryl methyl sites for hydroxylation is 2. The molecule has 0 amide bonds. The highest BCUT2D eigenvalue weighted by Crippen LogP contribution is 2.40. The van der Waals surface area contributed by atoms with Crippen LogP contribution in [0.25, 0.3) is 0 Å². The quantitative estimate of drug-likeness (QED) is 0.930. The molecule has 0 saturated carbocycles. The van der Waals surface area contributed by atoms with Gasteiger partial charge in [-0.1, -0.05) is 18.2 Å². The van der Waals surface area contributed by atoms with E-state index in [0.29, 0.717) is 6.04 Å². The van der Waals surface area contributed by atoms with Crippen LogP contribution in [0.5, 0.6) is 0 Å². The second-order valence-corrected chi connectivity index (χ2v) is 5.59. The van der Waals surface area contributed by atoms with Crippen molar-refractivity contribution >= 4 is 11.5 Å². The normalized spacial score (nSPS) is 17.6. The lowest BCUT2D eigenvalue weighted by Gasteiger charge is -2.26. The molecule has 106 valence electrons. The van der Waals surface area contributed by atoms with Crippen LogP contribution in [-0.4, -0.2) is 22.9 Å². The largest absolute Gasteiger partial charge is 0.323 e. The molecule has 1 aromatic carbocycles. The van der Waals surface area contributed by atoms with Crippen molar-refractivity contribution in [3.63, 3.8) is 0 Å². The van der Waals surface area contributed by atoms with Crippen molar-refractivity contribution in [3.8, 4) is 0 Å². The zero-order chi connectivity index (χ0) is 14.3. The Balaban J connectivity index is 2.14. The number of rotatable bonds is 3. The van der Waals surface area contributed by atoms with Crippen LogP contribution in [0.3, 0.4) is 0 Å². The monoisotopic (exact) mass is 270 g/mol. The van der Waals surface area contributed by atoms with Crippen molar-refractivity contribution in [2.75, 3.05) is 11.9 Å². The van der Waals surface area contributed by atoms with Crippen molar-refractivity contribution in [1.29, 1.82) is 0 Å². The Labute approximate surface area is 120 Å². The number of nitrogens with zero attached hydrogens (tertiary/aromatic N) is 3. The highest BCUT2D eigenvalue weighted by atomic mass is 15.4. The maximum Gasteiger partial charge on any atom is 0.136 e. The lowest BCUT2D eigenvalue weighted by molar-refractivity contribution is 0.690. The molecular formula is C16H22N4. The van der Waals surface area contributed by atoms with Crippen LogP contribution < -0.4 is 10.2 Å². The summed E-state index contributed by atoms with van der Waals surface area (Å²) in [5.41, 5.74) is 5.14. The van der Waals surface area contributed by atoms with E-state index in [1.165, 1.54) is 22.6 Å². The highest BCUT2D eigenvalue weighted by molar-refractivity contribution is 5.71. The van der Waals surface area contributed by atoms with Gasteiger partial charge in [-0.25, -0.2) is 0 Å². The van der Waals surface area contributed by atoms with Gasteiger partial charge in [0.25, 0.3) is 0 Å². The minimum atomic E-state index is 0.470. The molecule has 2 heterocycles. The molecule has 0 saturated heterocycles. The predicted octanol–water partition coefficient (Wildman–Crippen LogP) is 2.53. The molecule has 4 heteroatoms. The fourth-order valence-electron chi connectivity index (χ4n) is 3.26. The van der Waals surface area contributed by atoms with Gasteiger partial charge in [-0.2, -0.15) is 5.10 Å². The van der Waals surface area contributed by atoms with E-state index in [4.69, 9.17) is 0 Å². The molecule has 2 aromatic rings. The fourth-order valence-corrected chi connectivity index (χ4v) is 3.26. The van der Waals surface area contributed by atoms with Crippen LogP contribution in [-0.2, 0) is 20.0 Å². The second kappa shape index (κ2) is 4.94. The predicted molar refractivity (Wildman–Crippen MR) is 82.5 cm³/mol. The van der Waals surface area contributed by atoms with E-state index in [2.05, 4.69) is 53.4 Å². The van der Waals surface area contributed by atoms with Gasteiger partial charge in [-0.05, 0) is 38.9 Å². The zero-order valence-corrected chi connectivity index (χ0v) is 12.6. The molecule has 3 rings (SSSR count). The molecule has 1 aliphatic heterocycles. The fraction of sp³-hybridized carbons (Fsp3) is 0.438. The standard InChI is InChI=1S/C16H22N4/c1-11-9-13-7-5-6-8-15(13)20(11)16-14(10-17-3)12(2)18-19(16)4/h5-8,11,17H,9-10H2,1-4H3. The third kappa shape index (κ3) is 1.91. The van der Waals surface area contributed by atoms with E-state index in [-0.39, 0.29) is 0 Å². The molecule has 0 spiro atoms.